The average Bonchev–Trinajstić information content (AvgIpc) is 2.72. The molecule has 1 aliphatic rings. The summed E-state index contributed by atoms with van der Waals surface area (Å²) in [5, 5.41) is 0.883. The minimum absolute atomic E-state index is 0.0960. The molecule has 2 N–H and O–H groups in total. The van der Waals surface area contributed by atoms with Crippen molar-refractivity contribution in [3.8, 4) is 10.8 Å². The van der Waals surface area contributed by atoms with E-state index in [9.17, 15) is 0 Å². The monoisotopic (exact) mass is 260 g/mol. The summed E-state index contributed by atoms with van der Waals surface area (Å²) in [6.45, 7) is 4.49. The third-order valence-corrected chi connectivity index (χ3v) is 4.47. The van der Waals surface area contributed by atoms with Crippen molar-refractivity contribution >= 4 is 11.3 Å². The molecule has 0 aromatic carbocycles. The fourth-order valence-corrected chi connectivity index (χ4v) is 3.53. The summed E-state index contributed by atoms with van der Waals surface area (Å²) >= 11 is 1.64. The molecule has 18 heavy (non-hydrogen) atoms. The van der Waals surface area contributed by atoms with Gasteiger partial charge in [-0.15, -0.1) is 11.3 Å². The number of nitrogens with zero attached hydrogens (tertiary/aromatic N) is 3. The topological polar surface area (TPSA) is 64.7 Å². The van der Waals surface area contributed by atoms with Crippen molar-refractivity contribution in [1.29, 1.82) is 0 Å². The van der Waals surface area contributed by atoms with Crippen LogP contribution >= 0.6 is 11.3 Å². The zero-order valence-corrected chi connectivity index (χ0v) is 11.4. The predicted molar refractivity (Wildman–Crippen MR) is 72.2 cm³/mol. The van der Waals surface area contributed by atoms with Gasteiger partial charge in [0.1, 0.15) is 0 Å². The van der Waals surface area contributed by atoms with Crippen molar-refractivity contribution < 1.29 is 0 Å². The summed E-state index contributed by atoms with van der Waals surface area (Å²) in [7, 11) is 0. The van der Waals surface area contributed by atoms with E-state index in [0.29, 0.717) is 5.82 Å². The number of nitrogens with two attached hydrogens (primary N) is 1. The van der Waals surface area contributed by atoms with Crippen LogP contribution in [0.1, 0.15) is 36.9 Å². The molecule has 0 fully saturated rings. The quantitative estimate of drug-likeness (QED) is 0.856. The minimum atomic E-state index is 0.0960. The van der Waals surface area contributed by atoms with Crippen molar-refractivity contribution in [3.05, 3.63) is 29.0 Å². The van der Waals surface area contributed by atoms with E-state index >= 15 is 0 Å². The molecule has 2 aromatic rings. The first-order chi connectivity index (χ1) is 8.55. The Morgan fingerprint density at radius 3 is 2.78 bits per heavy atom. The van der Waals surface area contributed by atoms with Crippen LogP contribution < -0.4 is 5.73 Å². The zero-order chi connectivity index (χ0) is 12.8. The van der Waals surface area contributed by atoms with Gasteiger partial charge in [-0.3, -0.25) is 0 Å². The lowest BCUT2D eigenvalue weighted by Gasteiger charge is -2.32. The molecule has 0 amide bonds. The summed E-state index contributed by atoms with van der Waals surface area (Å²) in [4.78, 5) is 14.4. The number of hydrogen-bond acceptors (Lipinski definition) is 5. The lowest BCUT2D eigenvalue weighted by atomic mass is 9.77. The molecule has 0 spiro atoms. The second-order valence-electron chi connectivity index (χ2n) is 5.55. The van der Waals surface area contributed by atoms with Gasteiger partial charge in [-0.2, -0.15) is 0 Å². The summed E-state index contributed by atoms with van der Waals surface area (Å²) in [6, 6.07) is 1.91. The van der Waals surface area contributed by atoms with Crippen LogP contribution in [0.15, 0.2) is 18.5 Å². The first kappa shape index (κ1) is 11.7. The van der Waals surface area contributed by atoms with E-state index in [0.717, 1.165) is 23.5 Å². The van der Waals surface area contributed by atoms with Crippen molar-refractivity contribution in [2.75, 3.05) is 0 Å². The second kappa shape index (κ2) is 4.10. The molecule has 1 atom stereocenters. The number of thiazole rings is 1. The molecule has 0 saturated heterocycles. The molecule has 94 valence electrons. The van der Waals surface area contributed by atoms with Crippen molar-refractivity contribution in [2.24, 2.45) is 11.1 Å². The second-order valence-corrected chi connectivity index (χ2v) is 6.58. The van der Waals surface area contributed by atoms with E-state index < -0.39 is 0 Å². The molecule has 0 radical (unpaired) electrons. The van der Waals surface area contributed by atoms with Gasteiger partial charge in [0.15, 0.2) is 10.8 Å². The van der Waals surface area contributed by atoms with Crippen LogP contribution in [0.2, 0.25) is 0 Å². The molecule has 4 nitrogen and oxygen atoms in total. The Morgan fingerprint density at radius 2 is 2.06 bits per heavy atom. The van der Waals surface area contributed by atoms with E-state index in [2.05, 4.69) is 28.8 Å². The lowest BCUT2D eigenvalue weighted by Crippen LogP contribution is -2.28. The lowest BCUT2D eigenvalue weighted by molar-refractivity contribution is 0.282. The van der Waals surface area contributed by atoms with Crippen LogP contribution in [0.5, 0.6) is 0 Å². The zero-order valence-electron chi connectivity index (χ0n) is 10.6. The first-order valence-electron chi connectivity index (χ1n) is 6.08. The molecule has 0 saturated carbocycles. The van der Waals surface area contributed by atoms with Gasteiger partial charge in [0.2, 0.25) is 0 Å². The fourth-order valence-electron chi connectivity index (χ4n) is 2.50. The SMILES string of the molecule is CC1(C)Cc2nc(-c3ncccn3)sc2C(N)C1. The average molecular weight is 260 g/mol. The van der Waals surface area contributed by atoms with Crippen LogP contribution in [0.25, 0.3) is 10.8 Å². The van der Waals surface area contributed by atoms with Crippen molar-refractivity contribution in [1.82, 2.24) is 15.0 Å². The Hall–Kier alpha value is -1.33. The van der Waals surface area contributed by atoms with E-state index in [4.69, 9.17) is 5.73 Å². The van der Waals surface area contributed by atoms with Crippen LogP contribution in [0.4, 0.5) is 0 Å². The highest BCUT2D eigenvalue weighted by atomic mass is 32.1. The molecule has 2 heterocycles. The molecular weight excluding hydrogens is 244 g/mol. The predicted octanol–water partition coefficient (Wildman–Crippen LogP) is 2.57. The van der Waals surface area contributed by atoms with Gasteiger partial charge < -0.3 is 5.73 Å². The third kappa shape index (κ3) is 2.04. The van der Waals surface area contributed by atoms with Crippen LogP contribution in [0, 0.1) is 5.41 Å². The van der Waals surface area contributed by atoms with Crippen LogP contribution in [-0.2, 0) is 6.42 Å². The Morgan fingerprint density at radius 1 is 1.33 bits per heavy atom. The van der Waals surface area contributed by atoms with Gasteiger partial charge in [0.25, 0.3) is 0 Å². The van der Waals surface area contributed by atoms with Crippen molar-refractivity contribution in [2.45, 2.75) is 32.7 Å². The largest absolute Gasteiger partial charge is 0.323 e. The smallest absolute Gasteiger partial charge is 0.188 e. The van der Waals surface area contributed by atoms with Crippen LogP contribution in [0.3, 0.4) is 0 Å². The summed E-state index contributed by atoms with van der Waals surface area (Å²) in [5.74, 6) is 0.696. The van der Waals surface area contributed by atoms with Gasteiger partial charge in [-0.25, -0.2) is 15.0 Å². The third-order valence-electron chi connectivity index (χ3n) is 3.24. The first-order valence-corrected chi connectivity index (χ1v) is 6.89. The summed E-state index contributed by atoms with van der Waals surface area (Å²) in [6.07, 6.45) is 5.48. The maximum atomic E-state index is 6.24. The molecular formula is C13H16N4S. The Labute approximate surface area is 110 Å². The molecule has 2 aromatic heterocycles. The Balaban J connectivity index is 2.03. The number of fused-ring (bicyclic) bond motifs is 1. The Kier molecular flexibility index (Phi) is 2.68. The maximum Gasteiger partial charge on any atom is 0.188 e. The van der Waals surface area contributed by atoms with Gasteiger partial charge in [-0.1, -0.05) is 13.8 Å². The fraction of sp³-hybridized carbons (Fsp3) is 0.462. The summed E-state index contributed by atoms with van der Waals surface area (Å²) < 4.78 is 0. The molecule has 1 aliphatic carbocycles. The van der Waals surface area contributed by atoms with Crippen molar-refractivity contribution in [3.63, 3.8) is 0 Å². The standard InChI is InChI=1S/C13H16N4S/c1-13(2)6-8(14)10-9(7-13)17-12(18-10)11-15-4-3-5-16-11/h3-5,8H,6-7,14H2,1-2H3. The highest BCUT2D eigenvalue weighted by molar-refractivity contribution is 7.15. The summed E-state index contributed by atoms with van der Waals surface area (Å²) in [5.41, 5.74) is 7.61. The Bertz CT molecular complexity index is 562. The number of hydrogen-bond donors (Lipinski definition) is 1. The number of rotatable bonds is 1. The van der Waals surface area contributed by atoms with E-state index in [-0.39, 0.29) is 11.5 Å². The molecule has 5 heteroatoms. The molecule has 1 unspecified atom stereocenters. The van der Waals surface area contributed by atoms with Gasteiger partial charge >= 0.3 is 0 Å². The minimum Gasteiger partial charge on any atom is -0.323 e. The van der Waals surface area contributed by atoms with Gasteiger partial charge in [0, 0.05) is 23.3 Å². The van der Waals surface area contributed by atoms with E-state index in [1.165, 1.54) is 4.88 Å². The van der Waals surface area contributed by atoms with E-state index in [1.807, 2.05) is 6.07 Å². The van der Waals surface area contributed by atoms with E-state index in [1.54, 1.807) is 23.7 Å². The highest BCUT2D eigenvalue weighted by Crippen LogP contribution is 2.43. The van der Waals surface area contributed by atoms with Crippen LogP contribution in [-0.4, -0.2) is 15.0 Å². The number of aromatic nitrogens is 3. The molecule has 0 aliphatic heterocycles. The van der Waals surface area contributed by atoms with Gasteiger partial charge in [-0.05, 0) is 24.3 Å². The molecule has 3 rings (SSSR count). The van der Waals surface area contributed by atoms with Gasteiger partial charge in [0.05, 0.1) is 5.69 Å². The molecule has 0 bridgehead atoms. The maximum absolute atomic E-state index is 6.24. The normalized spacial score (nSPS) is 21.6. The highest BCUT2D eigenvalue weighted by Gasteiger charge is 2.33.